The fraction of sp³-hybridized carbons (Fsp3) is 0.917. The highest BCUT2D eigenvalue weighted by Crippen LogP contribution is 2.31. The number of nitrogens with one attached hydrogen (secondary N) is 1. The highest BCUT2D eigenvalue weighted by Gasteiger charge is 2.27. The molecule has 1 aliphatic carbocycles. The van der Waals surface area contributed by atoms with E-state index in [2.05, 4.69) is 5.32 Å². The van der Waals surface area contributed by atoms with Crippen LogP contribution in [0, 0.1) is 11.8 Å². The van der Waals surface area contributed by atoms with Gasteiger partial charge in [-0.2, -0.15) is 0 Å². The molecular weight excluding hydrogens is 190 g/mol. The largest absolute Gasteiger partial charge is 0.393 e. The third-order valence-electron chi connectivity index (χ3n) is 3.83. The average molecular weight is 211 g/mol. The number of hydrogen-bond donors (Lipinski definition) is 2. The average Bonchev–Trinajstić information content (AvgIpc) is 2.25. The molecule has 2 rings (SSSR count). The zero-order valence-corrected chi connectivity index (χ0v) is 9.24. The molecule has 0 aromatic carbocycles. The summed E-state index contributed by atoms with van der Waals surface area (Å²) in [5, 5.41) is 12.3. The van der Waals surface area contributed by atoms with Gasteiger partial charge < -0.3 is 10.4 Å². The van der Waals surface area contributed by atoms with Crippen LogP contribution in [0.5, 0.6) is 0 Å². The molecule has 15 heavy (non-hydrogen) atoms. The molecule has 1 unspecified atom stereocenters. The molecule has 1 atom stereocenters. The summed E-state index contributed by atoms with van der Waals surface area (Å²) in [6.45, 7) is 0.860. The van der Waals surface area contributed by atoms with Crippen LogP contribution in [0.2, 0.25) is 0 Å². The van der Waals surface area contributed by atoms with Gasteiger partial charge in [-0.25, -0.2) is 0 Å². The number of carbonyl (C=O) groups is 1. The highest BCUT2D eigenvalue weighted by atomic mass is 16.3. The molecule has 0 aromatic rings. The Morgan fingerprint density at radius 3 is 2.60 bits per heavy atom. The third kappa shape index (κ3) is 2.94. The Kier molecular flexibility index (Phi) is 3.62. The number of carbonyl (C=O) groups excluding carboxylic acids is 1. The second kappa shape index (κ2) is 4.97. The predicted octanol–water partition coefficient (Wildman–Crippen LogP) is 1.45. The molecule has 3 heteroatoms. The van der Waals surface area contributed by atoms with Gasteiger partial charge in [-0.05, 0) is 50.9 Å². The number of rotatable bonds is 2. The van der Waals surface area contributed by atoms with Crippen LogP contribution in [0.15, 0.2) is 0 Å². The summed E-state index contributed by atoms with van der Waals surface area (Å²) in [4.78, 5) is 11.6. The van der Waals surface area contributed by atoms with E-state index < -0.39 is 0 Å². The van der Waals surface area contributed by atoms with Crippen LogP contribution in [0.3, 0.4) is 0 Å². The van der Waals surface area contributed by atoms with Crippen LogP contribution in [0.1, 0.15) is 44.9 Å². The lowest BCUT2D eigenvalue weighted by atomic mass is 9.79. The van der Waals surface area contributed by atoms with Gasteiger partial charge in [0, 0.05) is 12.5 Å². The first-order chi connectivity index (χ1) is 7.25. The number of aliphatic hydroxyl groups excluding tert-OH is 1. The maximum absolute atomic E-state index is 11.6. The number of aliphatic hydroxyl groups is 1. The molecular formula is C12H21NO2. The van der Waals surface area contributed by atoms with Gasteiger partial charge in [-0.15, -0.1) is 0 Å². The normalized spacial score (nSPS) is 37.4. The van der Waals surface area contributed by atoms with Crippen LogP contribution in [0.4, 0.5) is 0 Å². The van der Waals surface area contributed by atoms with Crippen molar-refractivity contribution < 1.29 is 9.90 Å². The molecule has 2 aliphatic rings. The Bertz CT molecular complexity index is 222. The predicted molar refractivity (Wildman–Crippen MR) is 58.3 cm³/mol. The lowest BCUT2D eigenvalue weighted by molar-refractivity contribution is -0.127. The molecule has 1 saturated carbocycles. The molecule has 2 N–H and O–H groups in total. The quantitative estimate of drug-likeness (QED) is 0.726. The summed E-state index contributed by atoms with van der Waals surface area (Å²) < 4.78 is 0. The molecule has 0 spiro atoms. The maximum Gasteiger partial charge on any atom is 0.223 e. The SMILES string of the molecule is O=C1NCCCC1CC1CCC(O)CC1. The molecule has 3 nitrogen and oxygen atoms in total. The number of piperidine rings is 1. The standard InChI is InChI=1S/C12H21NO2/c14-11-5-3-9(4-6-11)8-10-2-1-7-13-12(10)15/h9-11,14H,1-8H2,(H,13,15). The molecule has 1 heterocycles. The molecule has 1 aliphatic heterocycles. The van der Waals surface area contributed by atoms with Crippen molar-refractivity contribution in [2.45, 2.75) is 51.0 Å². The molecule has 0 bridgehead atoms. The second-order valence-electron chi connectivity index (χ2n) is 5.04. The van der Waals surface area contributed by atoms with Crippen LogP contribution < -0.4 is 5.32 Å². The number of amides is 1. The molecule has 0 radical (unpaired) electrons. The van der Waals surface area contributed by atoms with E-state index in [0.717, 1.165) is 51.5 Å². The minimum Gasteiger partial charge on any atom is -0.393 e. The van der Waals surface area contributed by atoms with Crippen LogP contribution >= 0.6 is 0 Å². The lowest BCUT2D eigenvalue weighted by Crippen LogP contribution is -2.37. The van der Waals surface area contributed by atoms with E-state index in [0.29, 0.717) is 5.92 Å². The molecule has 1 amide bonds. The summed E-state index contributed by atoms with van der Waals surface area (Å²) in [6.07, 6.45) is 7.21. The van der Waals surface area contributed by atoms with Gasteiger partial charge in [0.25, 0.3) is 0 Å². The third-order valence-corrected chi connectivity index (χ3v) is 3.83. The van der Waals surface area contributed by atoms with E-state index in [4.69, 9.17) is 0 Å². The molecule has 0 aromatic heterocycles. The van der Waals surface area contributed by atoms with Crippen LogP contribution in [-0.2, 0) is 4.79 Å². The molecule has 86 valence electrons. The Labute approximate surface area is 91.2 Å². The minimum atomic E-state index is -0.0820. The Hall–Kier alpha value is -0.570. The fourth-order valence-electron chi connectivity index (χ4n) is 2.84. The van der Waals surface area contributed by atoms with Gasteiger partial charge in [-0.1, -0.05) is 0 Å². The van der Waals surface area contributed by atoms with Gasteiger partial charge in [0.15, 0.2) is 0 Å². The van der Waals surface area contributed by atoms with Crippen molar-refractivity contribution in [2.24, 2.45) is 11.8 Å². The molecule has 2 fully saturated rings. The number of hydrogen-bond acceptors (Lipinski definition) is 2. The topological polar surface area (TPSA) is 49.3 Å². The van der Waals surface area contributed by atoms with Crippen LogP contribution in [0.25, 0.3) is 0 Å². The zero-order chi connectivity index (χ0) is 10.7. The first-order valence-electron chi connectivity index (χ1n) is 6.21. The van der Waals surface area contributed by atoms with Gasteiger partial charge in [0.05, 0.1) is 6.10 Å². The van der Waals surface area contributed by atoms with E-state index in [1.807, 2.05) is 0 Å². The summed E-state index contributed by atoms with van der Waals surface area (Å²) >= 11 is 0. The van der Waals surface area contributed by atoms with Gasteiger partial charge in [0.1, 0.15) is 0 Å². The minimum absolute atomic E-state index is 0.0820. The zero-order valence-electron chi connectivity index (χ0n) is 9.24. The van der Waals surface area contributed by atoms with Gasteiger partial charge in [-0.3, -0.25) is 4.79 Å². The maximum atomic E-state index is 11.6. The van der Waals surface area contributed by atoms with Crippen molar-refractivity contribution in [3.05, 3.63) is 0 Å². The van der Waals surface area contributed by atoms with E-state index in [-0.39, 0.29) is 17.9 Å². The van der Waals surface area contributed by atoms with Crippen molar-refractivity contribution in [2.75, 3.05) is 6.54 Å². The lowest BCUT2D eigenvalue weighted by Gasteiger charge is -2.30. The van der Waals surface area contributed by atoms with Crippen molar-refractivity contribution in [3.8, 4) is 0 Å². The van der Waals surface area contributed by atoms with E-state index in [1.165, 1.54) is 0 Å². The van der Waals surface area contributed by atoms with Crippen LogP contribution in [-0.4, -0.2) is 23.7 Å². The van der Waals surface area contributed by atoms with Gasteiger partial charge in [0.2, 0.25) is 5.91 Å². The summed E-state index contributed by atoms with van der Waals surface area (Å²) in [5.41, 5.74) is 0. The van der Waals surface area contributed by atoms with Crippen molar-refractivity contribution in [3.63, 3.8) is 0 Å². The van der Waals surface area contributed by atoms with Crippen molar-refractivity contribution in [1.82, 2.24) is 5.32 Å². The van der Waals surface area contributed by atoms with E-state index in [9.17, 15) is 9.90 Å². The van der Waals surface area contributed by atoms with Crippen molar-refractivity contribution in [1.29, 1.82) is 0 Å². The molecule has 1 saturated heterocycles. The Balaban J connectivity index is 1.78. The smallest absolute Gasteiger partial charge is 0.223 e. The highest BCUT2D eigenvalue weighted by molar-refractivity contribution is 5.79. The Morgan fingerprint density at radius 2 is 1.93 bits per heavy atom. The van der Waals surface area contributed by atoms with E-state index >= 15 is 0 Å². The monoisotopic (exact) mass is 211 g/mol. The summed E-state index contributed by atoms with van der Waals surface area (Å²) in [6, 6.07) is 0. The first-order valence-corrected chi connectivity index (χ1v) is 6.21. The summed E-state index contributed by atoms with van der Waals surface area (Å²) in [7, 11) is 0. The Morgan fingerprint density at radius 1 is 1.20 bits per heavy atom. The second-order valence-corrected chi connectivity index (χ2v) is 5.04. The first kappa shape index (κ1) is 10.9. The summed E-state index contributed by atoms with van der Waals surface area (Å²) in [5.74, 6) is 1.17. The van der Waals surface area contributed by atoms with E-state index in [1.54, 1.807) is 0 Å². The van der Waals surface area contributed by atoms with Crippen molar-refractivity contribution >= 4 is 5.91 Å². The van der Waals surface area contributed by atoms with Gasteiger partial charge >= 0.3 is 0 Å². The fourth-order valence-corrected chi connectivity index (χ4v) is 2.84.